The molecule has 4 nitrogen and oxygen atoms in total. The Morgan fingerprint density at radius 1 is 1.17 bits per heavy atom. The molecule has 2 aromatic rings. The van der Waals surface area contributed by atoms with E-state index in [0.29, 0.717) is 17.8 Å². The number of ether oxygens (including phenoxy) is 1. The summed E-state index contributed by atoms with van der Waals surface area (Å²) in [6.45, 7) is 0.426. The van der Waals surface area contributed by atoms with Crippen molar-refractivity contribution < 1.29 is 13.9 Å². The molecule has 3 rings (SSSR count). The molecule has 2 aromatic carbocycles. The van der Waals surface area contributed by atoms with Gasteiger partial charge in [-0.2, -0.15) is 0 Å². The highest BCUT2D eigenvalue weighted by Gasteiger charge is 2.18. The number of carbonyl (C=O) groups is 1. The maximum absolute atomic E-state index is 14.2. The zero-order valence-electron chi connectivity index (χ0n) is 13.4. The summed E-state index contributed by atoms with van der Waals surface area (Å²) in [6.07, 6.45) is 4.29. The van der Waals surface area contributed by atoms with E-state index in [1.807, 2.05) is 0 Å². The first-order valence-corrected chi connectivity index (χ1v) is 8.22. The van der Waals surface area contributed by atoms with E-state index in [9.17, 15) is 9.18 Å². The Bertz CT molecular complexity index is 710. The maximum Gasteiger partial charge on any atom is 0.255 e. The smallest absolute Gasteiger partial charge is 0.255 e. The molecule has 126 valence electrons. The van der Waals surface area contributed by atoms with Gasteiger partial charge in [0.1, 0.15) is 0 Å². The number of hydrogen-bond acceptors (Lipinski definition) is 3. The van der Waals surface area contributed by atoms with Crippen molar-refractivity contribution in [2.75, 3.05) is 5.32 Å². The number of carbonyl (C=O) groups excluding carboxylic acids is 1. The van der Waals surface area contributed by atoms with Crippen LogP contribution in [-0.2, 0) is 6.54 Å². The average molecular weight is 328 g/mol. The van der Waals surface area contributed by atoms with Crippen LogP contribution >= 0.6 is 0 Å². The van der Waals surface area contributed by atoms with Crippen molar-refractivity contribution >= 4 is 11.6 Å². The van der Waals surface area contributed by atoms with E-state index >= 15 is 0 Å². The van der Waals surface area contributed by atoms with Crippen molar-refractivity contribution in [3.8, 4) is 5.75 Å². The Kier molecular flexibility index (Phi) is 5.11. The molecule has 0 saturated heterocycles. The molecule has 1 aliphatic rings. The summed E-state index contributed by atoms with van der Waals surface area (Å²) in [5.41, 5.74) is 7.39. The third-order valence-corrected chi connectivity index (χ3v) is 4.24. The minimum absolute atomic E-state index is 0.0981. The first-order valence-electron chi connectivity index (χ1n) is 8.22. The number of anilines is 1. The second kappa shape index (κ2) is 7.45. The number of nitrogens with two attached hydrogens (primary N) is 1. The van der Waals surface area contributed by atoms with Crippen molar-refractivity contribution in [1.29, 1.82) is 0 Å². The van der Waals surface area contributed by atoms with Gasteiger partial charge in [-0.25, -0.2) is 4.39 Å². The van der Waals surface area contributed by atoms with Crippen molar-refractivity contribution in [2.24, 2.45) is 5.73 Å². The summed E-state index contributed by atoms with van der Waals surface area (Å²) in [6, 6.07) is 11.5. The lowest BCUT2D eigenvalue weighted by Crippen LogP contribution is -2.14. The highest BCUT2D eigenvalue weighted by Crippen LogP contribution is 2.27. The van der Waals surface area contributed by atoms with Gasteiger partial charge in [0.25, 0.3) is 5.91 Å². The number of halogens is 1. The lowest BCUT2D eigenvalue weighted by atomic mass is 10.1. The zero-order valence-corrected chi connectivity index (χ0v) is 13.4. The summed E-state index contributed by atoms with van der Waals surface area (Å²) in [5.74, 6) is -0.507. The van der Waals surface area contributed by atoms with Crippen LogP contribution in [0.25, 0.3) is 0 Å². The predicted octanol–water partition coefficient (Wildman–Crippen LogP) is 3.86. The lowest BCUT2D eigenvalue weighted by molar-refractivity contribution is 0.102. The standard InChI is InChI=1S/C19H21FN2O2/c20-17-11-15(9-10-18(17)24-16-3-1-2-4-16)22-19(23)14-7-5-13(12-21)6-8-14/h5-11,16H,1-4,12,21H2,(H,22,23). The monoisotopic (exact) mass is 328 g/mol. The van der Waals surface area contributed by atoms with Crippen molar-refractivity contribution in [3.05, 3.63) is 59.4 Å². The highest BCUT2D eigenvalue weighted by atomic mass is 19.1. The number of rotatable bonds is 5. The molecule has 1 aliphatic carbocycles. The topological polar surface area (TPSA) is 64.4 Å². The predicted molar refractivity (Wildman–Crippen MR) is 91.6 cm³/mol. The van der Waals surface area contributed by atoms with Crippen LogP contribution in [0.15, 0.2) is 42.5 Å². The van der Waals surface area contributed by atoms with Gasteiger partial charge in [0.15, 0.2) is 11.6 Å². The molecule has 0 aliphatic heterocycles. The van der Waals surface area contributed by atoms with E-state index in [1.54, 1.807) is 36.4 Å². The normalized spacial score (nSPS) is 14.6. The van der Waals surface area contributed by atoms with E-state index in [0.717, 1.165) is 31.2 Å². The molecule has 0 spiro atoms. The number of benzene rings is 2. The van der Waals surface area contributed by atoms with Crippen LogP contribution in [0, 0.1) is 5.82 Å². The molecule has 24 heavy (non-hydrogen) atoms. The molecule has 0 radical (unpaired) electrons. The third-order valence-electron chi connectivity index (χ3n) is 4.24. The number of nitrogens with one attached hydrogen (secondary N) is 1. The van der Waals surface area contributed by atoms with Gasteiger partial charge in [-0.3, -0.25) is 4.79 Å². The van der Waals surface area contributed by atoms with Crippen LogP contribution in [0.3, 0.4) is 0 Å². The summed E-state index contributed by atoms with van der Waals surface area (Å²) < 4.78 is 19.8. The number of hydrogen-bond donors (Lipinski definition) is 2. The molecule has 1 fully saturated rings. The summed E-state index contributed by atoms with van der Waals surface area (Å²) >= 11 is 0. The molecule has 5 heteroatoms. The second-order valence-corrected chi connectivity index (χ2v) is 6.02. The highest BCUT2D eigenvalue weighted by molar-refractivity contribution is 6.04. The molecule has 0 atom stereocenters. The van der Waals surface area contributed by atoms with Gasteiger partial charge in [0.05, 0.1) is 6.10 Å². The van der Waals surface area contributed by atoms with Crippen molar-refractivity contribution in [3.63, 3.8) is 0 Å². The SMILES string of the molecule is NCc1ccc(C(=O)Nc2ccc(OC3CCCC3)c(F)c2)cc1. The van der Waals surface area contributed by atoms with Crippen LogP contribution in [0.1, 0.15) is 41.6 Å². The summed E-state index contributed by atoms with van der Waals surface area (Å²) in [5, 5.41) is 2.69. The van der Waals surface area contributed by atoms with E-state index in [2.05, 4.69) is 5.32 Å². The van der Waals surface area contributed by atoms with Gasteiger partial charge < -0.3 is 15.8 Å². The van der Waals surface area contributed by atoms with Crippen LogP contribution in [0.4, 0.5) is 10.1 Å². The Morgan fingerprint density at radius 2 is 1.88 bits per heavy atom. The fourth-order valence-corrected chi connectivity index (χ4v) is 2.86. The minimum atomic E-state index is -0.460. The maximum atomic E-state index is 14.2. The fourth-order valence-electron chi connectivity index (χ4n) is 2.86. The first kappa shape index (κ1) is 16.5. The molecule has 0 bridgehead atoms. The Balaban J connectivity index is 1.65. The number of amides is 1. The largest absolute Gasteiger partial charge is 0.487 e. The van der Waals surface area contributed by atoms with Gasteiger partial charge in [-0.1, -0.05) is 12.1 Å². The molecule has 1 saturated carbocycles. The Morgan fingerprint density at radius 3 is 2.50 bits per heavy atom. The van der Waals surface area contributed by atoms with E-state index in [1.165, 1.54) is 6.07 Å². The van der Waals surface area contributed by atoms with Gasteiger partial charge in [0.2, 0.25) is 0 Å². The Labute approximate surface area is 140 Å². The van der Waals surface area contributed by atoms with Gasteiger partial charge in [-0.05, 0) is 55.5 Å². The second-order valence-electron chi connectivity index (χ2n) is 6.02. The Hall–Kier alpha value is -2.40. The van der Waals surface area contributed by atoms with Crippen molar-refractivity contribution in [2.45, 2.75) is 38.3 Å². The minimum Gasteiger partial charge on any atom is -0.487 e. The van der Waals surface area contributed by atoms with E-state index in [-0.39, 0.29) is 17.8 Å². The lowest BCUT2D eigenvalue weighted by Gasteiger charge is -2.14. The van der Waals surface area contributed by atoms with Gasteiger partial charge in [0, 0.05) is 23.9 Å². The van der Waals surface area contributed by atoms with E-state index < -0.39 is 5.82 Å². The average Bonchev–Trinajstić information content (AvgIpc) is 3.10. The zero-order chi connectivity index (χ0) is 16.9. The van der Waals surface area contributed by atoms with Crippen LogP contribution < -0.4 is 15.8 Å². The molecule has 0 aromatic heterocycles. The van der Waals surface area contributed by atoms with Crippen LogP contribution in [0.2, 0.25) is 0 Å². The van der Waals surface area contributed by atoms with E-state index in [4.69, 9.17) is 10.5 Å². The van der Waals surface area contributed by atoms with Gasteiger partial charge in [-0.15, -0.1) is 0 Å². The quantitative estimate of drug-likeness (QED) is 0.876. The molecule has 0 heterocycles. The molecule has 0 unspecified atom stereocenters. The van der Waals surface area contributed by atoms with Crippen LogP contribution in [-0.4, -0.2) is 12.0 Å². The van der Waals surface area contributed by atoms with Crippen LogP contribution in [0.5, 0.6) is 5.75 Å². The summed E-state index contributed by atoms with van der Waals surface area (Å²) in [4.78, 5) is 12.2. The van der Waals surface area contributed by atoms with Gasteiger partial charge >= 0.3 is 0 Å². The fraction of sp³-hybridized carbons (Fsp3) is 0.316. The molecule has 1 amide bonds. The third kappa shape index (κ3) is 3.92. The molecular weight excluding hydrogens is 307 g/mol. The molecular formula is C19H21FN2O2. The van der Waals surface area contributed by atoms with Crippen molar-refractivity contribution in [1.82, 2.24) is 0 Å². The first-order chi connectivity index (χ1) is 11.7. The molecule has 3 N–H and O–H groups in total. The summed E-state index contributed by atoms with van der Waals surface area (Å²) in [7, 11) is 0.